The number of aliphatic hydroxyl groups excluding tert-OH is 1. The second-order valence-electron chi connectivity index (χ2n) is 3.57. The number of nitrogens with zero attached hydrogens (tertiary/aromatic N) is 1. The van der Waals surface area contributed by atoms with E-state index < -0.39 is 47.0 Å². The number of nitrogens with one attached hydrogen (secondary N) is 1. The molecule has 6 nitrogen and oxygen atoms in total. The van der Waals surface area contributed by atoms with Crippen LogP contribution in [0.15, 0.2) is 18.2 Å². The molecule has 1 atom stereocenters. The lowest BCUT2D eigenvalue weighted by Gasteiger charge is -2.10. The van der Waals surface area contributed by atoms with Gasteiger partial charge in [0.05, 0.1) is 11.0 Å². The third-order valence-corrected chi connectivity index (χ3v) is 2.12. The summed E-state index contributed by atoms with van der Waals surface area (Å²) in [5, 5.41) is 21.1. The highest BCUT2D eigenvalue weighted by Gasteiger charge is 2.19. The van der Waals surface area contributed by atoms with Crippen LogP contribution in [0.2, 0.25) is 0 Å². The van der Waals surface area contributed by atoms with Crippen molar-refractivity contribution in [1.29, 1.82) is 0 Å². The molecule has 0 aliphatic carbocycles. The second-order valence-corrected chi connectivity index (χ2v) is 3.57. The van der Waals surface area contributed by atoms with E-state index in [4.69, 9.17) is 5.11 Å². The van der Waals surface area contributed by atoms with Gasteiger partial charge < -0.3 is 10.4 Å². The fraction of sp³-hybridized carbons (Fsp3) is 0.300. The number of rotatable bonds is 5. The minimum atomic E-state index is -3.04. The zero-order valence-electron chi connectivity index (χ0n) is 9.35. The number of non-ortho nitro benzene ring substituents is 1. The summed E-state index contributed by atoms with van der Waals surface area (Å²) in [6.45, 7) is -0.749. The quantitative estimate of drug-likeness (QED) is 0.623. The second kappa shape index (κ2) is 6.14. The summed E-state index contributed by atoms with van der Waals surface area (Å²) in [5.74, 6) is -2.00. The SMILES string of the molecule is O=C(NCC(O)C(F)F)c1cc(F)cc([N+](=O)[O-])c1. The minimum Gasteiger partial charge on any atom is -0.385 e. The average Bonchev–Trinajstić information content (AvgIpc) is 2.34. The number of amides is 1. The standard InChI is InChI=1S/C10H9F3N2O4/c11-6-1-5(2-7(3-6)15(18)19)10(17)14-4-8(16)9(12)13/h1-3,8-9,16H,4H2,(H,14,17). The van der Waals surface area contributed by atoms with Crippen molar-refractivity contribution in [2.45, 2.75) is 12.5 Å². The molecule has 0 fully saturated rings. The van der Waals surface area contributed by atoms with E-state index in [0.29, 0.717) is 6.07 Å². The number of aliphatic hydroxyl groups is 1. The topological polar surface area (TPSA) is 92.5 Å². The number of benzene rings is 1. The fourth-order valence-corrected chi connectivity index (χ4v) is 1.20. The molecule has 0 saturated carbocycles. The van der Waals surface area contributed by atoms with E-state index in [1.54, 1.807) is 0 Å². The maximum absolute atomic E-state index is 13.0. The molecule has 1 aromatic carbocycles. The third kappa shape index (κ3) is 4.21. The largest absolute Gasteiger partial charge is 0.385 e. The van der Waals surface area contributed by atoms with Crippen molar-refractivity contribution < 1.29 is 28.0 Å². The molecule has 0 aromatic heterocycles. The fourth-order valence-electron chi connectivity index (χ4n) is 1.20. The highest BCUT2D eigenvalue weighted by molar-refractivity contribution is 5.94. The van der Waals surface area contributed by atoms with Crippen LogP contribution in [0.3, 0.4) is 0 Å². The van der Waals surface area contributed by atoms with E-state index in [-0.39, 0.29) is 0 Å². The lowest BCUT2D eigenvalue weighted by molar-refractivity contribution is -0.385. The Bertz CT molecular complexity index is 496. The van der Waals surface area contributed by atoms with Crippen molar-refractivity contribution in [3.63, 3.8) is 0 Å². The van der Waals surface area contributed by atoms with Crippen LogP contribution in [0.1, 0.15) is 10.4 Å². The Morgan fingerprint density at radius 1 is 1.42 bits per heavy atom. The van der Waals surface area contributed by atoms with Crippen molar-refractivity contribution in [2.75, 3.05) is 6.54 Å². The molecular weight excluding hydrogens is 269 g/mol. The molecule has 19 heavy (non-hydrogen) atoms. The van der Waals surface area contributed by atoms with Crippen molar-refractivity contribution in [3.8, 4) is 0 Å². The number of hydrogen-bond donors (Lipinski definition) is 2. The van der Waals surface area contributed by atoms with Gasteiger partial charge in [0, 0.05) is 18.2 Å². The van der Waals surface area contributed by atoms with Gasteiger partial charge in [-0.1, -0.05) is 0 Å². The van der Waals surface area contributed by atoms with Crippen LogP contribution in [0.5, 0.6) is 0 Å². The smallest absolute Gasteiger partial charge is 0.273 e. The Labute approximate surface area is 105 Å². The molecule has 0 heterocycles. The van der Waals surface area contributed by atoms with Crippen molar-refractivity contribution >= 4 is 11.6 Å². The molecule has 0 spiro atoms. The lowest BCUT2D eigenvalue weighted by Crippen LogP contribution is -2.35. The van der Waals surface area contributed by atoms with Crippen LogP contribution in [0, 0.1) is 15.9 Å². The zero-order chi connectivity index (χ0) is 14.6. The number of carbonyl (C=O) groups excluding carboxylic acids is 1. The first-order valence-corrected chi connectivity index (χ1v) is 5.00. The normalized spacial score (nSPS) is 12.3. The maximum atomic E-state index is 13.0. The number of hydrogen-bond acceptors (Lipinski definition) is 4. The summed E-state index contributed by atoms with van der Waals surface area (Å²) in [7, 11) is 0. The summed E-state index contributed by atoms with van der Waals surface area (Å²) < 4.78 is 37.0. The molecule has 0 aliphatic rings. The molecular formula is C10H9F3N2O4. The van der Waals surface area contributed by atoms with Gasteiger partial charge in [-0.2, -0.15) is 0 Å². The highest BCUT2D eigenvalue weighted by atomic mass is 19.3. The molecule has 0 saturated heterocycles. The Balaban J connectivity index is 2.80. The van der Waals surface area contributed by atoms with Gasteiger partial charge in [0.2, 0.25) is 0 Å². The Kier molecular flexibility index (Phi) is 4.81. The van der Waals surface area contributed by atoms with E-state index in [2.05, 4.69) is 0 Å². The van der Waals surface area contributed by atoms with Gasteiger partial charge in [0.1, 0.15) is 11.9 Å². The van der Waals surface area contributed by atoms with Gasteiger partial charge in [-0.3, -0.25) is 14.9 Å². The Morgan fingerprint density at radius 2 is 2.05 bits per heavy atom. The average molecular weight is 278 g/mol. The first-order valence-electron chi connectivity index (χ1n) is 5.00. The van der Waals surface area contributed by atoms with Gasteiger partial charge in [-0.25, -0.2) is 13.2 Å². The van der Waals surface area contributed by atoms with Crippen LogP contribution in [0.25, 0.3) is 0 Å². The van der Waals surface area contributed by atoms with Gasteiger partial charge in [-0.15, -0.1) is 0 Å². The monoisotopic (exact) mass is 278 g/mol. The van der Waals surface area contributed by atoms with Crippen molar-refractivity contribution in [3.05, 3.63) is 39.7 Å². The molecule has 1 rings (SSSR count). The van der Waals surface area contributed by atoms with Crippen molar-refractivity contribution in [1.82, 2.24) is 5.32 Å². The van der Waals surface area contributed by atoms with Gasteiger partial charge in [-0.05, 0) is 6.07 Å². The summed E-state index contributed by atoms with van der Waals surface area (Å²) in [6, 6.07) is 2.13. The molecule has 104 valence electrons. The van der Waals surface area contributed by atoms with Crippen LogP contribution < -0.4 is 5.32 Å². The van der Waals surface area contributed by atoms with Crippen LogP contribution in [0.4, 0.5) is 18.9 Å². The van der Waals surface area contributed by atoms with E-state index >= 15 is 0 Å². The van der Waals surface area contributed by atoms with E-state index in [0.717, 1.165) is 12.1 Å². The van der Waals surface area contributed by atoms with Crippen LogP contribution in [-0.2, 0) is 0 Å². The van der Waals surface area contributed by atoms with Gasteiger partial charge in [0.15, 0.2) is 0 Å². The zero-order valence-corrected chi connectivity index (χ0v) is 9.35. The molecule has 1 unspecified atom stereocenters. The molecule has 0 aliphatic heterocycles. The lowest BCUT2D eigenvalue weighted by atomic mass is 10.2. The third-order valence-electron chi connectivity index (χ3n) is 2.12. The molecule has 0 radical (unpaired) electrons. The van der Waals surface area contributed by atoms with Crippen LogP contribution >= 0.6 is 0 Å². The molecule has 1 amide bonds. The minimum absolute atomic E-state index is 0.395. The van der Waals surface area contributed by atoms with Gasteiger partial charge >= 0.3 is 0 Å². The molecule has 1 aromatic rings. The summed E-state index contributed by atoms with van der Waals surface area (Å²) in [5.41, 5.74) is -1.03. The Hall–Kier alpha value is -2.16. The number of carbonyl (C=O) groups is 1. The summed E-state index contributed by atoms with van der Waals surface area (Å²) in [4.78, 5) is 21.0. The van der Waals surface area contributed by atoms with Gasteiger partial charge in [0.25, 0.3) is 18.0 Å². The van der Waals surface area contributed by atoms with E-state index in [1.165, 1.54) is 0 Å². The van der Waals surface area contributed by atoms with Crippen molar-refractivity contribution in [2.24, 2.45) is 0 Å². The molecule has 2 N–H and O–H groups in total. The number of alkyl halides is 2. The molecule has 0 bridgehead atoms. The number of nitro benzene ring substituents is 1. The number of nitro groups is 1. The number of halogens is 3. The first-order chi connectivity index (χ1) is 8.81. The first kappa shape index (κ1) is 14.9. The molecule has 9 heteroatoms. The predicted octanol–water partition coefficient (Wildman–Crippen LogP) is 1.09. The highest BCUT2D eigenvalue weighted by Crippen LogP contribution is 2.16. The van der Waals surface area contributed by atoms with Crippen LogP contribution in [-0.4, -0.2) is 35.0 Å². The summed E-state index contributed by atoms with van der Waals surface area (Å²) >= 11 is 0. The van der Waals surface area contributed by atoms with E-state index in [1.807, 2.05) is 5.32 Å². The summed E-state index contributed by atoms with van der Waals surface area (Å²) in [6.07, 6.45) is -5.10. The predicted molar refractivity (Wildman–Crippen MR) is 57.4 cm³/mol. The van der Waals surface area contributed by atoms with E-state index in [9.17, 15) is 28.1 Å². The maximum Gasteiger partial charge on any atom is 0.273 e. The Morgan fingerprint density at radius 3 is 2.58 bits per heavy atom.